The van der Waals surface area contributed by atoms with Gasteiger partial charge in [0.15, 0.2) is 24.4 Å². The number of ether oxygens (including phenoxy) is 3. The van der Waals surface area contributed by atoms with Crippen LogP contribution in [-0.4, -0.2) is 38.9 Å². The third-order valence-electron chi connectivity index (χ3n) is 7.75. The fourth-order valence-corrected chi connectivity index (χ4v) is 12.5. The molecule has 0 saturated heterocycles. The summed E-state index contributed by atoms with van der Waals surface area (Å²) in [7, 11) is -2.89. The van der Waals surface area contributed by atoms with Gasteiger partial charge in [0.2, 0.25) is 5.75 Å². The average molecular weight is 625 g/mol. The molecule has 5 aromatic rings. The number of methoxy groups -OCH3 is 3. The minimum Gasteiger partial charge on any atom is -0.493 e. The number of carbonyl (C=O) groups excluding carboxylic acids is 1. The van der Waals surface area contributed by atoms with Crippen molar-refractivity contribution in [3.8, 4) is 17.2 Å². The van der Waals surface area contributed by atoms with Crippen molar-refractivity contribution < 1.29 is 28.1 Å². The lowest BCUT2D eigenvalue weighted by atomic mass is 10.1. The van der Waals surface area contributed by atoms with Crippen LogP contribution in [0.1, 0.15) is 10.4 Å². The van der Waals surface area contributed by atoms with Crippen LogP contribution in [0, 0.1) is 0 Å². The van der Waals surface area contributed by atoms with Crippen LogP contribution in [0.25, 0.3) is 0 Å². The van der Waals surface area contributed by atoms with E-state index in [-0.39, 0.29) is 23.2 Å². The number of hydrogen-bond acceptors (Lipinski definition) is 6. The van der Waals surface area contributed by atoms with Gasteiger partial charge in [0.25, 0.3) is 0 Å². The van der Waals surface area contributed by atoms with E-state index in [9.17, 15) is 4.79 Å². The van der Waals surface area contributed by atoms with Crippen LogP contribution in [0.3, 0.4) is 0 Å². The SMILES string of the molecule is COc1cc(C(=O)C(CP(=O)(c2ccccc2)c2ccccc2)P(=O)(c2ccccc2)c2ccccc2)cc(OC)c1OC. The molecule has 6 nitrogen and oxygen atoms in total. The van der Waals surface area contributed by atoms with Gasteiger partial charge >= 0.3 is 0 Å². The quantitative estimate of drug-likeness (QED) is 0.120. The Morgan fingerprint density at radius 3 is 1.27 bits per heavy atom. The molecule has 0 spiro atoms. The molecule has 0 radical (unpaired) electrons. The minimum atomic E-state index is -3.79. The van der Waals surface area contributed by atoms with Crippen molar-refractivity contribution in [2.45, 2.75) is 5.66 Å². The van der Waals surface area contributed by atoms with Crippen molar-refractivity contribution in [1.29, 1.82) is 0 Å². The Bertz CT molecular complexity index is 1700. The Labute approximate surface area is 258 Å². The first kappa shape index (κ1) is 31.1. The number of hydrogen-bond donors (Lipinski definition) is 0. The van der Waals surface area contributed by atoms with E-state index in [1.54, 1.807) is 60.7 Å². The van der Waals surface area contributed by atoms with E-state index < -0.39 is 25.7 Å². The minimum absolute atomic E-state index is 0.169. The van der Waals surface area contributed by atoms with Crippen molar-refractivity contribution in [2.75, 3.05) is 27.5 Å². The Kier molecular flexibility index (Phi) is 9.54. The van der Waals surface area contributed by atoms with Crippen molar-refractivity contribution in [1.82, 2.24) is 0 Å². The molecule has 0 aliphatic carbocycles. The molecule has 1 atom stereocenters. The summed E-state index contributed by atoms with van der Waals surface area (Å²) in [6, 6.07) is 39.4. The molecule has 224 valence electrons. The van der Waals surface area contributed by atoms with Crippen LogP contribution >= 0.6 is 14.3 Å². The summed E-state index contributed by atoms with van der Waals surface area (Å²) >= 11 is 0. The van der Waals surface area contributed by atoms with Crippen LogP contribution in [0.15, 0.2) is 133 Å². The van der Waals surface area contributed by atoms with Gasteiger partial charge in [0, 0.05) is 32.9 Å². The van der Waals surface area contributed by atoms with Gasteiger partial charge in [-0.2, -0.15) is 0 Å². The summed E-state index contributed by atoms with van der Waals surface area (Å²) in [5, 5.41) is 2.18. The van der Waals surface area contributed by atoms with E-state index in [0.29, 0.717) is 27.0 Å². The highest BCUT2D eigenvalue weighted by atomic mass is 31.2. The van der Waals surface area contributed by atoms with Crippen molar-refractivity contribution in [3.05, 3.63) is 139 Å². The van der Waals surface area contributed by atoms with Crippen LogP contribution in [0.5, 0.6) is 17.2 Å². The summed E-state index contributed by atoms with van der Waals surface area (Å²) in [5.41, 5.74) is -0.995. The molecule has 0 aliphatic heterocycles. The lowest BCUT2D eigenvalue weighted by Crippen LogP contribution is -2.37. The summed E-state index contributed by atoms with van der Waals surface area (Å²) in [4.78, 5) is 15.0. The maximum Gasteiger partial charge on any atom is 0.203 e. The first-order chi connectivity index (χ1) is 21.4. The molecular formula is C36H34O6P2. The maximum absolute atomic E-state index is 15.9. The molecule has 5 rings (SSSR count). The molecule has 0 saturated carbocycles. The zero-order valence-electron chi connectivity index (χ0n) is 24.8. The number of benzene rings is 5. The van der Waals surface area contributed by atoms with Gasteiger partial charge in [-0.25, -0.2) is 0 Å². The first-order valence-electron chi connectivity index (χ1n) is 14.1. The molecule has 8 heteroatoms. The normalized spacial score (nSPS) is 12.2. The lowest BCUT2D eigenvalue weighted by molar-refractivity contribution is 0.0991. The molecular weight excluding hydrogens is 590 g/mol. The molecule has 0 aromatic heterocycles. The molecule has 0 N–H and O–H groups in total. The topological polar surface area (TPSA) is 78.9 Å². The second-order valence-electron chi connectivity index (χ2n) is 10.2. The Balaban J connectivity index is 1.81. The standard InChI is InChI=1S/C36H34O6P2/c1-40-32-24-27(25-33(41-2)36(32)42-3)35(37)34(44(39,30-20-12-6-13-21-30)31-22-14-7-15-23-31)26-43(38,28-16-8-4-9-17-28)29-18-10-5-11-19-29/h4-25,34H,26H2,1-3H3. The van der Waals surface area contributed by atoms with Gasteiger partial charge in [-0.15, -0.1) is 0 Å². The highest BCUT2D eigenvalue weighted by molar-refractivity contribution is 7.83. The van der Waals surface area contributed by atoms with E-state index in [1.807, 2.05) is 72.8 Å². The molecule has 0 bridgehead atoms. The summed E-state index contributed by atoms with van der Waals surface area (Å²) < 4.78 is 48.0. The van der Waals surface area contributed by atoms with Gasteiger partial charge in [-0.05, 0) is 12.1 Å². The van der Waals surface area contributed by atoms with Crippen molar-refractivity contribution >= 4 is 41.3 Å². The third-order valence-corrected chi connectivity index (χ3v) is 14.6. The van der Waals surface area contributed by atoms with Gasteiger partial charge in [-0.3, -0.25) is 4.79 Å². The predicted octanol–water partition coefficient (Wildman–Crippen LogP) is 6.29. The fourth-order valence-electron chi connectivity index (χ4n) is 5.53. The lowest BCUT2D eigenvalue weighted by Gasteiger charge is -2.31. The zero-order valence-corrected chi connectivity index (χ0v) is 26.6. The van der Waals surface area contributed by atoms with Gasteiger partial charge in [0.05, 0.1) is 27.0 Å². The summed E-state index contributed by atoms with van der Waals surface area (Å²) in [5.74, 6) is 0.471. The Morgan fingerprint density at radius 1 is 0.568 bits per heavy atom. The molecule has 0 heterocycles. The third kappa shape index (κ3) is 5.88. The van der Waals surface area contributed by atoms with Crippen LogP contribution < -0.4 is 35.4 Å². The van der Waals surface area contributed by atoms with Crippen LogP contribution in [-0.2, 0) is 9.13 Å². The second kappa shape index (κ2) is 13.5. The van der Waals surface area contributed by atoms with E-state index in [4.69, 9.17) is 14.2 Å². The van der Waals surface area contributed by atoms with Gasteiger partial charge < -0.3 is 23.3 Å². The van der Waals surface area contributed by atoms with Crippen molar-refractivity contribution in [2.24, 2.45) is 0 Å². The fraction of sp³-hybridized carbons (Fsp3) is 0.139. The van der Waals surface area contributed by atoms with Crippen LogP contribution in [0.2, 0.25) is 0 Å². The highest BCUT2D eigenvalue weighted by Crippen LogP contribution is 2.57. The van der Waals surface area contributed by atoms with Gasteiger partial charge in [-0.1, -0.05) is 121 Å². The van der Waals surface area contributed by atoms with E-state index in [0.717, 1.165) is 0 Å². The monoisotopic (exact) mass is 624 g/mol. The highest BCUT2D eigenvalue weighted by Gasteiger charge is 2.46. The molecule has 0 amide bonds. The van der Waals surface area contributed by atoms with Gasteiger partial charge in [0.1, 0.15) is 7.14 Å². The van der Waals surface area contributed by atoms with Crippen LogP contribution in [0.4, 0.5) is 0 Å². The zero-order chi connectivity index (χ0) is 31.2. The van der Waals surface area contributed by atoms with E-state index >= 15 is 9.13 Å². The largest absolute Gasteiger partial charge is 0.493 e. The number of Topliss-reactive ketones (excluding diaryl/α,β-unsaturated/α-hetero) is 1. The number of carbonyl (C=O) groups is 1. The van der Waals surface area contributed by atoms with E-state index in [1.165, 1.54) is 21.3 Å². The predicted molar refractivity (Wildman–Crippen MR) is 179 cm³/mol. The number of rotatable bonds is 12. The Morgan fingerprint density at radius 2 is 0.932 bits per heavy atom. The molecule has 1 unspecified atom stereocenters. The molecule has 44 heavy (non-hydrogen) atoms. The maximum atomic E-state index is 15.9. The smallest absolute Gasteiger partial charge is 0.203 e. The Hall–Kier alpha value is -4.37. The summed E-state index contributed by atoms with van der Waals surface area (Å²) in [6.45, 7) is 0. The number of ketones is 1. The second-order valence-corrected chi connectivity index (χ2v) is 16.1. The molecule has 0 fully saturated rings. The first-order valence-corrected chi connectivity index (χ1v) is 17.8. The van der Waals surface area contributed by atoms with Crippen molar-refractivity contribution in [3.63, 3.8) is 0 Å². The average Bonchev–Trinajstić information content (AvgIpc) is 3.10. The molecule has 0 aliphatic rings. The van der Waals surface area contributed by atoms with E-state index in [2.05, 4.69) is 0 Å². The molecule has 5 aromatic carbocycles. The summed E-state index contributed by atoms with van der Waals surface area (Å²) in [6.07, 6.45) is -0.169.